The van der Waals surface area contributed by atoms with Crippen LogP contribution in [-0.2, 0) is 26.4 Å². The van der Waals surface area contributed by atoms with E-state index in [1.54, 1.807) is 7.11 Å². The number of benzene rings is 2. The molecule has 3 aliphatic rings. The fraction of sp³-hybridized carbons (Fsp3) is 0.471. The average molecular weight is 588 g/mol. The lowest BCUT2D eigenvalue weighted by molar-refractivity contribution is -0.142. The highest BCUT2D eigenvalue weighted by Gasteiger charge is 2.45. The second-order valence-electron chi connectivity index (χ2n) is 11.6. The number of morpholine rings is 1. The SMILES string of the molecule is COc1cc2oc(C3(OCCCN4CCOCC4)C=CC=C(c4ccccc4)C3C)nc2cc1CN1CCC[C@H]1C(=O)O. The van der Waals surface area contributed by atoms with Crippen molar-refractivity contribution >= 4 is 22.6 Å². The number of allylic oxidation sites excluding steroid dienone is 2. The van der Waals surface area contributed by atoms with Crippen molar-refractivity contribution in [1.82, 2.24) is 14.8 Å². The van der Waals surface area contributed by atoms with E-state index in [9.17, 15) is 9.90 Å². The van der Waals surface area contributed by atoms with Gasteiger partial charge in [-0.2, -0.15) is 0 Å². The lowest BCUT2D eigenvalue weighted by atomic mass is 9.76. The van der Waals surface area contributed by atoms with Crippen LogP contribution in [0.2, 0.25) is 0 Å². The molecule has 1 aliphatic carbocycles. The molecule has 2 fully saturated rings. The van der Waals surface area contributed by atoms with Gasteiger partial charge in [0.15, 0.2) is 11.2 Å². The molecule has 0 radical (unpaired) electrons. The van der Waals surface area contributed by atoms with Crippen molar-refractivity contribution in [2.24, 2.45) is 5.92 Å². The molecule has 1 N–H and O–H groups in total. The topological polar surface area (TPSA) is 97.5 Å². The number of hydrogen-bond acceptors (Lipinski definition) is 8. The fourth-order valence-electron chi connectivity index (χ4n) is 6.63. The third-order valence-electron chi connectivity index (χ3n) is 9.05. The van der Waals surface area contributed by atoms with E-state index in [-0.39, 0.29) is 5.92 Å². The Morgan fingerprint density at radius 3 is 2.74 bits per heavy atom. The number of aliphatic carboxylic acids is 1. The minimum Gasteiger partial charge on any atom is -0.496 e. The smallest absolute Gasteiger partial charge is 0.320 e. The van der Waals surface area contributed by atoms with Gasteiger partial charge in [-0.15, -0.1) is 0 Å². The predicted octanol–water partition coefficient (Wildman–Crippen LogP) is 5.11. The van der Waals surface area contributed by atoms with Gasteiger partial charge >= 0.3 is 5.97 Å². The lowest BCUT2D eigenvalue weighted by Crippen LogP contribution is -2.39. The van der Waals surface area contributed by atoms with Crippen LogP contribution < -0.4 is 4.74 Å². The molecule has 3 heterocycles. The molecule has 2 aliphatic heterocycles. The van der Waals surface area contributed by atoms with Crippen LogP contribution in [0.4, 0.5) is 0 Å². The van der Waals surface area contributed by atoms with Crippen molar-refractivity contribution in [3.8, 4) is 5.75 Å². The molecule has 2 saturated heterocycles. The molecule has 6 rings (SSSR count). The molecular formula is C34H41N3O6. The second kappa shape index (κ2) is 13.0. The zero-order valence-electron chi connectivity index (χ0n) is 25.0. The molecule has 1 aromatic heterocycles. The molecule has 9 nitrogen and oxygen atoms in total. The fourth-order valence-corrected chi connectivity index (χ4v) is 6.63. The Labute approximate surface area is 252 Å². The number of aromatic nitrogens is 1. The van der Waals surface area contributed by atoms with Gasteiger partial charge in [0.05, 0.1) is 20.3 Å². The predicted molar refractivity (Wildman–Crippen MR) is 164 cm³/mol. The van der Waals surface area contributed by atoms with Crippen LogP contribution in [0.3, 0.4) is 0 Å². The van der Waals surface area contributed by atoms with Crippen LogP contribution in [0.15, 0.2) is 65.1 Å². The zero-order chi connectivity index (χ0) is 29.8. The molecule has 2 unspecified atom stereocenters. The highest BCUT2D eigenvalue weighted by molar-refractivity contribution is 5.78. The molecule has 43 heavy (non-hydrogen) atoms. The molecule has 0 amide bonds. The highest BCUT2D eigenvalue weighted by atomic mass is 16.5. The number of nitrogens with zero attached hydrogens (tertiary/aromatic N) is 3. The van der Waals surface area contributed by atoms with Crippen molar-refractivity contribution in [3.05, 3.63) is 77.7 Å². The normalized spacial score (nSPS) is 24.8. The molecule has 0 spiro atoms. The Morgan fingerprint density at radius 2 is 1.98 bits per heavy atom. The number of carboxylic acids is 1. The number of rotatable bonds is 11. The van der Waals surface area contributed by atoms with Crippen LogP contribution in [0.25, 0.3) is 16.7 Å². The van der Waals surface area contributed by atoms with Crippen LogP contribution in [0, 0.1) is 5.92 Å². The average Bonchev–Trinajstić information content (AvgIpc) is 3.68. The van der Waals surface area contributed by atoms with Crippen LogP contribution in [-0.4, -0.2) is 85.0 Å². The number of hydrogen-bond donors (Lipinski definition) is 1. The monoisotopic (exact) mass is 587 g/mol. The summed E-state index contributed by atoms with van der Waals surface area (Å²) >= 11 is 0. The van der Waals surface area contributed by atoms with Gasteiger partial charge in [-0.05, 0) is 49.1 Å². The maximum atomic E-state index is 11.8. The Bertz CT molecular complexity index is 1480. The van der Waals surface area contributed by atoms with Gasteiger partial charge in [0, 0.05) is 50.3 Å². The molecular weight excluding hydrogens is 546 g/mol. The summed E-state index contributed by atoms with van der Waals surface area (Å²) in [5.74, 6) is 0.305. The van der Waals surface area contributed by atoms with Gasteiger partial charge in [0.25, 0.3) is 0 Å². The second-order valence-corrected chi connectivity index (χ2v) is 11.6. The van der Waals surface area contributed by atoms with E-state index in [1.807, 2.05) is 29.2 Å². The van der Waals surface area contributed by atoms with Gasteiger partial charge in [-0.25, -0.2) is 4.98 Å². The number of carboxylic acid groups (broad SMARTS) is 1. The summed E-state index contributed by atoms with van der Waals surface area (Å²) in [6, 6.07) is 13.7. The first-order chi connectivity index (χ1) is 21.0. The van der Waals surface area contributed by atoms with Crippen molar-refractivity contribution in [2.75, 3.05) is 53.1 Å². The number of fused-ring (bicyclic) bond motifs is 1. The summed E-state index contributed by atoms with van der Waals surface area (Å²) in [6.45, 7) is 8.32. The van der Waals surface area contributed by atoms with Gasteiger partial charge < -0.3 is 23.7 Å². The molecule has 3 atom stereocenters. The first kappa shape index (κ1) is 29.6. The van der Waals surface area contributed by atoms with E-state index in [2.05, 4.69) is 48.2 Å². The van der Waals surface area contributed by atoms with Crippen molar-refractivity contribution < 1.29 is 28.5 Å². The Hall–Kier alpha value is -3.50. The maximum Gasteiger partial charge on any atom is 0.320 e. The number of methoxy groups -OCH3 is 1. The molecule has 9 heteroatoms. The Morgan fingerprint density at radius 1 is 1.16 bits per heavy atom. The summed E-state index contributed by atoms with van der Waals surface area (Å²) in [5, 5.41) is 9.69. The summed E-state index contributed by atoms with van der Waals surface area (Å²) in [6.07, 6.45) is 8.66. The van der Waals surface area contributed by atoms with E-state index < -0.39 is 17.6 Å². The van der Waals surface area contributed by atoms with Crippen molar-refractivity contribution in [1.29, 1.82) is 0 Å². The van der Waals surface area contributed by atoms with E-state index in [1.165, 1.54) is 0 Å². The third kappa shape index (κ3) is 6.13. The third-order valence-corrected chi connectivity index (χ3v) is 9.05. The van der Waals surface area contributed by atoms with E-state index >= 15 is 0 Å². The first-order valence-electron chi connectivity index (χ1n) is 15.3. The number of ether oxygens (including phenoxy) is 3. The summed E-state index contributed by atoms with van der Waals surface area (Å²) < 4.78 is 24.6. The van der Waals surface area contributed by atoms with Gasteiger partial charge in [0.1, 0.15) is 17.3 Å². The Kier molecular flexibility index (Phi) is 8.95. The van der Waals surface area contributed by atoms with Gasteiger partial charge in [-0.1, -0.05) is 49.4 Å². The lowest BCUT2D eigenvalue weighted by Gasteiger charge is -2.37. The highest BCUT2D eigenvalue weighted by Crippen LogP contribution is 2.46. The number of carbonyl (C=O) groups is 1. The standard InChI is InChI=1S/C34H41N3O6/c1-24-27(25-9-4-3-5-10-25)11-6-13-34(24,42-18-8-14-36-16-19-41-20-17-36)33-35-28-21-26(30(40-2)22-31(28)43-33)23-37-15-7-12-29(37)32(38)39/h3-6,9-11,13,21-22,24,29H,7-8,12,14-20,23H2,1-2H3,(H,38,39)/t24?,29-,34?/m0/s1. The Balaban J connectivity index is 1.31. The number of likely N-dealkylation sites (tertiary alicyclic amines) is 1. The minimum absolute atomic E-state index is 0.0707. The van der Waals surface area contributed by atoms with E-state index in [4.69, 9.17) is 23.6 Å². The van der Waals surface area contributed by atoms with Crippen LogP contribution in [0.5, 0.6) is 5.75 Å². The maximum absolute atomic E-state index is 11.8. The molecule has 0 bridgehead atoms. The molecule has 2 aromatic carbocycles. The van der Waals surface area contributed by atoms with Gasteiger partial charge in [0.2, 0.25) is 5.89 Å². The largest absolute Gasteiger partial charge is 0.496 e. The van der Waals surface area contributed by atoms with E-state index in [0.717, 1.165) is 68.9 Å². The molecule has 228 valence electrons. The van der Waals surface area contributed by atoms with Gasteiger partial charge in [-0.3, -0.25) is 14.6 Å². The quantitative estimate of drug-likeness (QED) is 0.307. The molecule has 0 saturated carbocycles. The van der Waals surface area contributed by atoms with Crippen molar-refractivity contribution in [2.45, 2.75) is 44.4 Å². The number of oxazole rings is 1. The van der Waals surface area contributed by atoms with Crippen LogP contribution in [0.1, 0.15) is 43.2 Å². The molecule has 3 aromatic rings. The zero-order valence-corrected chi connectivity index (χ0v) is 25.0. The van der Waals surface area contributed by atoms with Crippen molar-refractivity contribution in [3.63, 3.8) is 0 Å². The minimum atomic E-state index is -0.902. The first-order valence-corrected chi connectivity index (χ1v) is 15.3. The van der Waals surface area contributed by atoms with E-state index in [0.29, 0.717) is 42.3 Å². The summed E-state index contributed by atoms with van der Waals surface area (Å²) in [4.78, 5) is 21.2. The summed E-state index contributed by atoms with van der Waals surface area (Å²) in [5.41, 5.74) is 3.59. The van der Waals surface area contributed by atoms with Crippen LogP contribution >= 0.6 is 0 Å². The summed E-state index contributed by atoms with van der Waals surface area (Å²) in [7, 11) is 1.63.